The van der Waals surface area contributed by atoms with Crippen LogP contribution in [0, 0.1) is 0 Å². The van der Waals surface area contributed by atoms with Crippen molar-refractivity contribution in [2.45, 2.75) is 26.7 Å². The first kappa shape index (κ1) is 11.1. The minimum Gasteiger partial charge on any atom is -0.200 e. The second-order valence-electron chi connectivity index (χ2n) is 3.39. The van der Waals surface area contributed by atoms with E-state index in [1.54, 1.807) is 0 Å². The molecule has 1 aromatic carbocycles. The van der Waals surface area contributed by atoms with Gasteiger partial charge in [-0.15, -0.1) is 0 Å². The minimum atomic E-state index is 1.04. The Morgan fingerprint density at radius 1 is 1.00 bits per heavy atom. The van der Waals surface area contributed by atoms with Gasteiger partial charge in [-0.3, -0.25) is 0 Å². The third kappa shape index (κ3) is 3.79. The second kappa shape index (κ2) is 6.44. The molecule has 14 heavy (non-hydrogen) atoms. The Morgan fingerprint density at radius 3 is 2.07 bits per heavy atom. The highest BCUT2D eigenvalue weighted by atomic mass is 15.5. The third-order valence-corrected chi connectivity index (χ3v) is 1.98. The van der Waals surface area contributed by atoms with E-state index in [0.717, 1.165) is 31.6 Å². The van der Waals surface area contributed by atoms with E-state index in [-0.39, 0.29) is 0 Å². The summed E-state index contributed by atoms with van der Waals surface area (Å²) in [5.74, 6) is 0. The van der Waals surface area contributed by atoms with Crippen molar-refractivity contribution in [3.8, 4) is 0 Å². The molecule has 1 aromatic rings. The number of hydrogen-bond acceptors (Lipinski definition) is 1. The molecule has 0 amide bonds. The fourth-order valence-corrected chi connectivity index (χ4v) is 1.39. The van der Waals surface area contributed by atoms with Crippen molar-refractivity contribution in [3.05, 3.63) is 30.3 Å². The van der Waals surface area contributed by atoms with Crippen molar-refractivity contribution in [1.29, 1.82) is 0 Å². The first-order valence-corrected chi connectivity index (χ1v) is 5.38. The molecule has 0 aliphatic rings. The zero-order valence-electron chi connectivity index (χ0n) is 9.11. The first-order valence-electron chi connectivity index (χ1n) is 5.38. The van der Waals surface area contributed by atoms with E-state index in [4.69, 9.17) is 0 Å². The second-order valence-corrected chi connectivity index (χ2v) is 3.39. The van der Waals surface area contributed by atoms with Crippen LogP contribution in [0.5, 0.6) is 0 Å². The van der Waals surface area contributed by atoms with Crippen molar-refractivity contribution < 1.29 is 0 Å². The summed E-state index contributed by atoms with van der Waals surface area (Å²) in [6, 6.07) is 10.1. The van der Waals surface area contributed by atoms with Crippen molar-refractivity contribution in [2.24, 2.45) is 0 Å². The lowest BCUT2D eigenvalue weighted by Gasteiger charge is -2.19. The molecule has 0 aliphatic heterocycles. The molecule has 0 saturated heterocycles. The standard InChI is InChI=1S/C12H19N2/c1-3-10-14(11-4-2)13-12-8-6-5-7-9-12/h5-9H,3-4,10-11H2,1-2H3. The van der Waals surface area contributed by atoms with E-state index in [1.165, 1.54) is 0 Å². The van der Waals surface area contributed by atoms with Crippen LogP contribution < -0.4 is 5.43 Å². The van der Waals surface area contributed by atoms with Gasteiger partial charge in [0.15, 0.2) is 0 Å². The molecule has 1 rings (SSSR count). The first-order chi connectivity index (χ1) is 6.86. The highest BCUT2D eigenvalue weighted by molar-refractivity contribution is 5.33. The Balaban J connectivity index is 2.46. The highest BCUT2D eigenvalue weighted by Gasteiger charge is 2.03. The van der Waals surface area contributed by atoms with Gasteiger partial charge in [0.1, 0.15) is 0 Å². The van der Waals surface area contributed by atoms with E-state index in [1.807, 2.05) is 30.3 Å². The van der Waals surface area contributed by atoms with Gasteiger partial charge in [0.25, 0.3) is 0 Å². The topological polar surface area (TPSA) is 17.3 Å². The maximum Gasteiger partial charge on any atom is 0.0776 e. The van der Waals surface area contributed by atoms with E-state index >= 15 is 0 Å². The average Bonchev–Trinajstić information content (AvgIpc) is 2.20. The monoisotopic (exact) mass is 191 g/mol. The highest BCUT2D eigenvalue weighted by Crippen LogP contribution is 2.07. The van der Waals surface area contributed by atoms with E-state index < -0.39 is 0 Å². The van der Waals surface area contributed by atoms with Crippen LogP contribution >= 0.6 is 0 Å². The van der Waals surface area contributed by atoms with Crippen LogP contribution in [-0.4, -0.2) is 18.1 Å². The molecular formula is C12H19N2. The normalized spacial score (nSPS) is 10.5. The van der Waals surface area contributed by atoms with Gasteiger partial charge < -0.3 is 0 Å². The van der Waals surface area contributed by atoms with Gasteiger partial charge in [-0.05, 0) is 25.0 Å². The summed E-state index contributed by atoms with van der Waals surface area (Å²) < 4.78 is 0. The predicted octanol–water partition coefficient (Wildman–Crippen LogP) is 2.96. The average molecular weight is 191 g/mol. The molecule has 0 atom stereocenters. The molecule has 0 spiro atoms. The molecule has 2 heteroatoms. The summed E-state index contributed by atoms with van der Waals surface area (Å²) in [5, 5.41) is 2.15. The van der Waals surface area contributed by atoms with Crippen molar-refractivity contribution >= 4 is 5.69 Å². The lowest BCUT2D eigenvalue weighted by atomic mass is 10.3. The maximum absolute atomic E-state index is 4.57. The predicted molar refractivity (Wildman–Crippen MR) is 60.4 cm³/mol. The van der Waals surface area contributed by atoms with Crippen LogP contribution in [0.15, 0.2) is 30.3 Å². The van der Waals surface area contributed by atoms with Gasteiger partial charge in [-0.25, -0.2) is 5.01 Å². The van der Waals surface area contributed by atoms with Crippen LogP contribution in [0.2, 0.25) is 0 Å². The summed E-state index contributed by atoms with van der Waals surface area (Å²) in [7, 11) is 0. The van der Waals surface area contributed by atoms with E-state index in [9.17, 15) is 0 Å². The van der Waals surface area contributed by atoms with Gasteiger partial charge in [0.05, 0.1) is 5.69 Å². The van der Waals surface area contributed by atoms with Gasteiger partial charge in [-0.1, -0.05) is 32.0 Å². The number of rotatable bonds is 6. The summed E-state index contributed by atoms with van der Waals surface area (Å²) in [4.78, 5) is 0. The molecule has 0 bridgehead atoms. The van der Waals surface area contributed by atoms with Gasteiger partial charge >= 0.3 is 0 Å². The van der Waals surface area contributed by atoms with Crippen molar-refractivity contribution in [1.82, 2.24) is 10.4 Å². The SMILES string of the molecule is CCCN(CCC)[N]c1ccccc1. The molecule has 0 aliphatic carbocycles. The summed E-state index contributed by atoms with van der Waals surface area (Å²) >= 11 is 0. The Hall–Kier alpha value is -1.02. The van der Waals surface area contributed by atoms with Crippen molar-refractivity contribution in [3.63, 3.8) is 0 Å². The lowest BCUT2D eigenvalue weighted by Crippen LogP contribution is -2.30. The number of nitrogens with zero attached hydrogens (tertiary/aromatic N) is 2. The summed E-state index contributed by atoms with van der Waals surface area (Å²) in [6.07, 6.45) is 2.30. The molecule has 0 saturated carbocycles. The Bertz CT molecular complexity index is 227. The summed E-state index contributed by atoms with van der Waals surface area (Å²) in [5.41, 5.74) is 5.62. The molecule has 1 radical (unpaired) electrons. The van der Waals surface area contributed by atoms with Crippen LogP contribution in [0.3, 0.4) is 0 Å². The van der Waals surface area contributed by atoms with Crippen LogP contribution in [0.1, 0.15) is 26.7 Å². The molecule has 0 aromatic heterocycles. The zero-order valence-corrected chi connectivity index (χ0v) is 9.11. The number of benzene rings is 1. The summed E-state index contributed by atoms with van der Waals surface area (Å²) in [6.45, 7) is 6.46. The van der Waals surface area contributed by atoms with E-state index in [2.05, 4.69) is 24.3 Å². The molecule has 0 heterocycles. The molecule has 0 unspecified atom stereocenters. The van der Waals surface area contributed by atoms with Gasteiger partial charge in [0, 0.05) is 13.1 Å². The molecular weight excluding hydrogens is 172 g/mol. The van der Waals surface area contributed by atoms with Crippen molar-refractivity contribution in [2.75, 3.05) is 13.1 Å². The maximum atomic E-state index is 4.57. The van der Waals surface area contributed by atoms with Gasteiger partial charge in [0.2, 0.25) is 0 Å². The fourth-order valence-electron chi connectivity index (χ4n) is 1.39. The van der Waals surface area contributed by atoms with Crippen LogP contribution in [0.25, 0.3) is 0 Å². The fraction of sp³-hybridized carbons (Fsp3) is 0.500. The molecule has 2 nitrogen and oxygen atoms in total. The number of hydrogen-bond donors (Lipinski definition) is 0. The molecule has 77 valence electrons. The van der Waals surface area contributed by atoms with E-state index in [0.29, 0.717) is 0 Å². The molecule has 0 fully saturated rings. The quantitative estimate of drug-likeness (QED) is 0.632. The smallest absolute Gasteiger partial charge is 0.0776 e. The third-order valence-electron chi connectivity index (χ3n) is 1.98. The minimum absolute atomic E-state index is 1.04. The zero-order chi connectivity index (χ0) is 10.2. The van der Waals surface area contributed by atoms with Crippen LogP contribution in [0.4, 0.5) is 5.69 Å². The Kier molecular flexibility index (Phi) is 5.08. The van der Waals surface area contributed by atoms with Crippen LogP contribution in [-0.2, 0) is 0 Å². The Morgan fingerprint density at radius 2 is 1.57 bits per heavy atom. The largest absolute Gasteiger partial charge is 0.200 e. The lowest BCUT2D eigenvalue weighted by molar-refractivity contribution is 0.219. The Labute approximate surface area is 86.9 Å². The van der Waals surface area contributed by atoms with Gasteiger partial charge in [-0.2, -0.15) is 5.43 Å². The molecule has 0 N–H and O–H groups in total.